The highest BCUT2D eigenvalue weighted by Gasteiger charge is 2.27. The molecule has 0 saturated carbocycles. The first kappa shape index (κ1) is 11.6. The third kappa shape index (κ3) is 2.72. The molecule has 1 rings (SSSR count). The molecule has 0 N–H and O–H groups in total. The van der Waals surface area contributed by atoms with Gasteiger partial charge in [0.25, 0.3) is 0 Å². The van der Waals surface area contributed by atoms with Gasteiger partial charge < -0.3 is 0 Å². The van der Waals surface area contributed by atoms with Crippen LogP contribution >= 0.6 is 0 Å². The number of aromatic nitrogens is 1. The summed E-state index contributed by atoms with van der Waals surface area (Å²) in [7, 11) is 0. The smallest absolute Gasteiger partial charge is 0.140 e. The molecule has 0 saturated heterocycles. The van der Waals surface area contributed by atoms with E-state index in [0.29, 0.717) is 0 Å². The number of hydrogen-bond donors (Lipinski definition) is 0. The van der Waals surface area contributed by atoms with Gasteiger partial charge >= 0.3 is 0 Å². The van der Waals surface area contributed by atoms with Crippen LogP contribution in [-0.2, 0) is 9.59 Å². The van der Waals surface area contributed by atoms with Gasteiger partial charge in [-0.3, -0.25) is 14.6 Å². The Kier molecular flexibility index (Phi) is 3.72. The molecule has 0 aliphatic carbocycles. The summed E-state index contributed by atoms with van der Waals surface area (Å²) in [6, 6.07) is 5.51. The summed E-state index contributed by atoms with van der Waals surface area (Å²) in [5.74, 6) is -0.914. The van der Waals surface area contributed by atoms with E-state index >= 15 is 0 Å². The summed E-state index contributed by atoms with van der Waals surface area (Å²) < 4.78 is 0. The molecule has 0 aliphatic heterocycles. The average Bonchev–Trinajstić information content (AvgIpc) is 2.18. The van der Waals surface area contributed by atoms with Crippen molar-refractivity contribution in [2.24, 2.45) is 5.92 Å². The maximum Gasteiger partial charge on any atom is 0.140 e. The average molecular weight is 205 g/mol. The highest BCUT2D eigenvalue weighted by molar-refractivity contribution is 6.01. The fraction of sp³-hybridized carbons (Fsp3) is 0.417. The van der Waals surface area contributed by atoms with Crippen molar-refractivity contribution in [1.29, 1.82) is 0 Å². The standard InChI is InChI=1S/C12H15NO2/c1-8(11-6-4-5-7-13-11)12(9(2)14)10(3)15/h4-8,12H,1-3H3/t8-/m0/s1. The molecule has 3 nitrogen and oxygen atoms in total. The van der Waals surface area contributed by atoms with E-state index in [0.717, 1.165) is 5.69 Å². The highest BCUT2D eigenvalue weighted by Crippen LogP contribution is 2.23. The molecular weight excluding hydrogens is 190 g/mol. The van der Waals surface area contributed by atoms with Crippen LogP contribution in [-0.4, -0.2) is 16.6 Å². The molecule has 0 unspecified atom stereocenters. The Morgan fingerprint density at radius 1 is 1.20 bits per heavy atom. The van der Waals surface area contributed by atoms with E-state index < -0.39 is 5.92 Å². The molecule has 0 aliphatic rings. The zero-order chi connectivity index (χ0) is 11.4. The second-order valence-electron chi connectivity index (χ2n) is 3.74. The number of pyridine rings is 1. The van der Waals surface area contributed by atoms with Crippen molar-refractivity contribution in [2.75, 3.05) is 0 Å². The van der Waals surface area contributed by atoms with Gasteiger partial charge in [0.15, 0.2) is 0 Å². The zero-order valence-corrected chi connectivity index (χ0v) is 9.23. The molecule has 0 amide bonds. The van der Waals surface area contributed by atoms with Gasteiger partial charge in [0, 0.05) is 17.8 Å². The topological polar surface area (TPSA) is 47.0 Å². The fourth-order valence-electron chi connectivity index (χ4n) is 1.81. The van der Waals surface area contributed by atoms with Gasteiger partial charge in [-0.2, -0.15) is 0 Å². The van der Waals surface area contributed by atoms with Crippen LogP contribution in [0.25, 0.3) is 0 Å². The molecular formula is C12H15NO2. The third-order valence-corrected chi connectivity index (χ3v) is 2.53. The molecule has 1 aromatic rings. The van der Waals surface area contributed by atoms with E-state index in [9.17, 15) is 9.59 Å². The van der Waals surface area contributed by atoms with Crippen molar-refractivity contribution in [1.82, 2.24) is 4.98 Å². The summed E-state index contributed by atoms with van der Waals surface area (Å²) in [5, 5.41) is 0. The predicted octanol–water partition coefficient (Wildman–Crippen LogP) is 1.98. The van der Waals surface area contributed by atoms with E-state index in [1.807, 2.05) is 25.1 Å². The van der Waals surface area contributed by atoms with E-state index in [-0.39, 0.29) is 17.5 Å². The molecule has 1 heterocycles. The summed E-state index contributed by atoms with van der Waals surface area (Å²) in [5.41, 5.74) is 0.785. The number of Topliss-reactive ketones (excluding diaryl/α,β-unsaturated/α-hetero) is 2. The minimum atomic E-state index is -0.570. The van der Waals surface area contributed by atoms with Gasteiger partial charge in [0.05, 0.1) is 5.92 Å². The van der Waals surface area contributed by atoms with Crippen LogP contribution in [0.5, 0.6) is 0 Å². The lowest BCUT2D eigenvalue weighted by molar-refractivity contribution is -0.131. The van der Waals surface area contributed by atoms with Crippen molar-refractivity contribution in [3.05, 3.63) is 30.1 Å². The van der Waals surface area contributed by atoms with Crippen LogP contribution in [0.4, 0.5) is 0 Å². The molecule has 0 bridgehead atoms. The third-order valence-electron chi connectivity index (χ3n) is 2.53. The molecule has 1 atom stereocenters. The number of rotatable bonds is 4. The summed E-state index contributed by atoms with van der Waals surface area (Å²) >= 11 is 0. The normalized spacial score (nSPS) is 12.5. The Morgan fingerprint density at radius 2 is 1.80 bits per heavy atom. The van der Waals surface area contributed by atoms with Crippen LogP contribution in [0.2, 0.25) is 0 Å². The van der Waals surface area contributed by atoms with Crippen LogP contribution < -0.4 is 0 Å². The largest absolute Gasteiger partial charge is 0.299 e. The van der Waals surface area contributed by atoms with Gasteiger partial charge in [0.2, 0.25) is 0 Å². The van der Waals surface area contributed by atoms with E-state index in [4.69, 9.17) is 0 Å². The Labute approximate surface area is 89.5 Å². The van der Waals surface area contributed by atoms with E-state index in [1.165, 1.54) is 13.8 Å². The Bertz CT molecular complexity index is 345. The number of carbonyl (C=O) groups is 2. The van der Waals surface area contributed by atoms with Gasteiger partial charge in [-0.05, 0) is 26.0 Å². The first-order valence-corrected chi connectivity index (χ1v) is 4.96. The minimum absolute atomic E-state index is 0.0966. The van der Waals surface area contributed by atoms with Crippen molar-refractivity contribution in [2.45, 2.75) is 26.7 Å². The molecule has 0 aromatic carbocycles. The zero-order valence-electron chi connectivity index (χ0n) is 9.23. The van der Waals surface area contributed by atoms with E-state index in [2.05, 4.69) is 4.98 Å². The Hall–Kier alpha value is -1.51. The lowest BCUT2D eigenvalue weighted by Gasteiger charge is -2.18. The SMILES string of the molecule is CC(=O)C(C(C)=O)[C@@H](C)c1ccccn1. The number of carbonyl (C=O) groups excluding carboxylic acids is 2. The summed E-state index contributed by atoms with van der Waals surface area (Å²) in [4.78, 5) is 26.9. The van der Waals surface area contributed by atoms with Crippen LogP contribution in [0.15, 0.2) is 24.4 Å². The Morgan fingerprint density at radius 3 is 2.20 bits per heavy atom. The quantitative estimate of drug-likeness (QED) is 0.706. The number of nitrogens with zero attached hydrogens (tertiary/aromatic N) is 1. The monoisotopic (exact) mass is 205 g/mol. The van der Waals surface area contributed by atoms with Gasteiger partial charge in [-0.15, -0.1) is 0 Å². The number of ketones is 2. The van der Waals surface area contributed by atoms with Crippen molar-refractivity contribution in [3.8, 4) is 0 Å². The molecule has 3 heteroatoms. The van der Waals surface area contributed by atoms with Crippen molar-refractivity contribution >= 4 is 11.6 Å². The van der Waals surface area contributed by atoms with Crippen molar-refractivity contribution in [3.63, 3.8) is 0 Å². The van der Waals surface area contributed by atoms with Gasteiger partial charge in [-0.25, -0.2) is 0 Å². The molecule has 1 aromatic heterocycles. The van der Waals surface area contributed by atoms with Gasteiger partial charge in [-0.1, -0.05) is 13.0 Å². The Balaban J connectivity index is 2.96. The summed E-state index contributed by atoms with van der Waals surface area (Å²) in [6.45, 7) is 4.76. The van der Waals surface area contributed by atoms with Crippen molar-refractivity contribution < 1.29 is 9.59 Å². The molecule has 0 fully saturated rings. The minimum Gasteiger partial charge on any atom is -0.299 e. The van der Waals surface area contributed by atoms with Crippen LogP contribution in [0, 0.1) is 5.92 Å². The lowest BCUT2D eigenvalue weighted by Crippen LogP contribution is -2.25. The number of hydrogen-bond acceptors (Lipinski definition) is 3. The summed E-state index contributed by atoms with van der Waals surface area (Å²) in [6.07, 6.45) is 1.67. The second kappa shape index (κ2) is 4.82. The first-order valence-electron chi connectivity index (χ1n) is 4.96. The molecule has 80 valence electrons. The van der Waals surface area contributed by atoms with Crippen LogP contribution in [0.1, 0.15) is 32.4 Å². The maximum absolute atomic E-state index is 11.4. The van der Waals surface area contributed by atoms with Gasteiger partial charge in [0.1, 0.15) is 11.6 Å². The molecule has 0 radical (unpaired) electrons. The van der Waals surface area contributed by atoms with Crippen LogP contribution in [0.3, 0.4) is 0 Å². The highest BCUT2D eigenvalue weighted by atomic mass is 16.1. The first-order chi connectivity index (χ1) is 7.04. The fourth-order valence-corrected chi connectivity index (χ4v) is 1.81. The molecule has 0 spiro atoms. The second-order valence-corrected chi connectivity index (χ2v) is 3.74. The lowest BCUT2D eigenvalue weighted by atomic mass is 9.85. The predicted molar refractivity (Wildman–Crippen MR) is 57.5 cm³/mol. The maximum atomic E-state index is 11.4. The molecule has 15 heavy (non-hydrogen) atoms. The van der Waals surface area contributed by atoms with E-state index in [1.54, 1.807) is 6.20 Å².